The molecule has 0 aromatic carbocycles. The molecule has 0 aliphatic carbocycles. The third-order valence-electron chi connectivity index (χ3n) is 1.75. The van der Waals surface area contributed by atoms with Crippen molar-refractivity contribution in [3.05, 3.63) is 0 Å². The zero-order chi connectivity index (χ0) is 12.8. The van der Waals surface area contributed by atoms with E-state index in [0.29, 0.717) is 0 Å². The van der Waals surface area contributed by atoms with Crippen molar-refractivity contribution in [1.82, 2.24) is 4.72 Å². The highest BCUT2D eigenvalue weighted by atomic mass is 32.2. The summed E-state index contributed by atoms with van der Waals surface area (Å²) in [5, 5.41) is 8.50. The Bertz CT molecular complexity index is 350. The first-order valence-corrected chi connectivity index (χ1v) is 6.23. The van der Waals surface area contributed by atoms with E-state index in [4.69, 9.17) is 5.11 Å². The van der Waals surface area contributed by atoms with Gasteiger partial charge in [0.15, 0.2) is 0 Å². The van der Waals surface area contributed by atoms with E-state index >= 15 is 0 Å². The molecule has 0 heterocycles. The topological polar surface area (TPSA) is 110 Å². The summed E-state index contributed by atoms with van der Waals surface area (Å²) in [6, 6.07) is -1.18. The van der Waals surface area contributed by atoms with Gasteiger partial charge in [-0.05, 0) is 13.3 Å². The fourth-order valence-electron chi connectivity index (χ4n) is 0.887. The van der Waals surface area contributed by atoms with Crippen LogP contribution in [0.2, 0.25) is 0 Å². The maximum Gasteiger partial charge on any atom is 0.321 e. The van der Waals surface area contributed by atoms with Gasteiger partial charge in [-0.3, -0.25) is 9.59 Å². The van der Waals surface area contributed by atoms with Gasteiger partial charge < -0.3 is 9.84 Å². The van der Waals surface area contributed by atoms with E-state index in [1.165, 1.54) is 14.0 Å². The van der Waals surface area contributed by atoms with Gasteiger partial charge in [0.1, 0.15) is 6.04 Å². The lowest BCUT2D eigenvalue weighted by atomic mass is 10.3. The Labute approximate surface area is 93.8 Å². The number of aliphatic carboxylic acids is 1. The molecule has 0 spiro atoms. The zero-order valence-electron chi connectivity index (χ0n) is 9.10. The molecule has 8 heteroatoms. The van der Waals surface area contributed by atoms with Gasteiger partial charge in [0.25, 0.3) is 0 Å². The molecule has 16 heavy (non-hydrogen) atoms. The van der Waals surface area contributed by atoms with Crippen LogP contribution in [0.5, 0.6) is 0 Å². The third-order valence-corrected chi connectivity index (χ3v) is 3.29. The van der Waals surface area contributed by atoms with Gasteiger partial charge in [-0.15, -0.1) is 0 Å². The van der Waals surface area contributed by atoms with Crippen LogP contribution in [0.15, 0.2) is 0 Å². The highest BCUT2D eigenvalue weighted by Gasteiger charge is 2.19. The number of methoxy groups -OCH3 is 1. The Morgan fingerprint density at radius 3 is 2.44 bits per heavy atom. The van der Waals surface area contributed by atoms with Gasteiger partial charge in [-0.2, -0.15) is 0 Å². The molecular weight excluding hydrogens is 238 g/mol. The summed E-state index contributed by atoms with van der Waals surface area (Å²) in [7, 11) is -2.46. The van der Waals surface area contributed by atoms with Gasteiger partial charge in [-0.25, -0.2) is 13.1 Å². The molecule has 0 radical (unpaired) electrons. The molecule has 0 aromatic rings. The Kier molecular flexibility index (Phi) is 5.97. The summed E-state index contributed by atoms with van der Waals surface area (Å²) in [5.41, 5.74) is 0. The summed E-state index contributed by atoms with van der Waals surface area (Å²) >= 11 is 0. The lowest BCUT2D eigenvalue weighted by molar-refractivity contribution is -0.141. The van der Waals surface area contributed by atoms with Crippen LogP contribution >= 0.6 is 0 Å². The first kappa shape index (κ1) is 14.8. The zero-order valence-corrected chi connectivity index (χ0v) is 9.91. The number of nitrogens with one attached hydrogen (secondary N) is 1. The molecule has 0 aliphatic rings. The number of carboxylic acid groups (broad SMARTS) is 1. The minimum absolute atomic E-state index is 0.0150. The minimum atomic E-state index is -3.67. The molecule has 0 unspecified atom stereocenters. The van der Waals surface area contributed by atoms with Crippen LogP contribution in [0, 0.1) is 0 Å². The van der Waals surface area contributed by atoms with E-state index in [0.717, 1.165) is 0 Å². The highest BCUT2D eigenvalue weighted by Crippen LogP contribution is 1.98. The van der Waals surface area contributed by atoms with Gasteiger partial charge in [-0.1, -0.05) is 0 Å². The van der Waals surface area contributed by atoms with E-state index in [-0.39, 0.29) is 18.6 Å². The second-order valence-electron chi connectivity index (χ2n) is 3.18. The van der Waals surface area contributed by atoms with Crippen molar-refractivity contribution in [3.8, 4) is 0 Å². The normalized spacial score (nSPS) is 13.1. The number of carboxylic acids is 1. The Hall–Kier alpha value is -1.15. The summed E-state index contributed by atoms with van der Waals surface area (Å²) in [6.07, 6.45) is 0.0766. The number of carbonyl (C=O) groups excluding carboxylic acids is 1. The predicted octanol–water partition coefficient (Wildman–Crippen LogP) is -0.668. The SMILES string of the molecule is COC(=O)CCCS(=O)(=O)N[C@H](C)C(=O)O. The standard InChI is InChI=1S/C8H15NO6S/c1-6(8(11)12)9-16(13,14)5-3-4-7(10)15-2/h6,9H,3-5H2,1-2H3,(H,11,12)/t6-/m1/s1. The third kappa shape index (κ3) is 6.36. The van der Waals surface area contributed by atoms with Crippen molar-refractivity contribution in [3.63, 3.8) is 0 Å². The van der Waals surface area contributed by atoms with Crippen molar-refractivity contribution >= 4 is 22.0 Å². The van der Waals surface area contributed by atoms with Crippen molar-refractivity contribution in [2.45, 2.75) is 25.8 Å². The first-order valence-electron chi connectivity index (χ1n) is 4.58. The van der Waals surface area contributed by atoms with E-state index in [2.05, 4.69) is 4.74 Å². The molecule has 2 N–H and O–H groups in total. The number of esters is 1. The maximum atomic E-state index is 11.3. The van der Waals surface area contributed by atoms with Crippen LogP contribution in [-0.4, -0.2) is 44.4 Å². The number of hydrogen-bond donors (Lipinski definition) is 2. The van der Waals surface area contributed by atoms with E-state index in [1.54, 1.807) is 0 Å². The second-order valence-corrected chi connectivity index (χ2v) is 5.05. The molecule has 94 valence electrons. The molecule has 0 bridgehead atoms. The van der Waals surface area contributed by atoms with Gasteiger partial charge in [0.05, 0.1) is 12.9 Å². The lowest BCUT2D eigenvalue weighted by Gasteiger charge is -2.09. The number of hydrogen-bond acceptors (Lipinski definition) is 5. The highest BCUT2D eigenvalue weighted by molar-refractivity contribution is 7.89. The lowest BCUT2D eigenvalue weighted by Crippen LogP contribution is -2.39. The minimum Gasteiger partial charge on any atom is -0.480 e. The van der Waals surface area contributed by atoms with Crippen molar-refractivity contribution < 1.29 is 27.9 Å². The molecular formula is C8H15NO6S. The molecule has 0 saturated carbocycles. The molecule has 0 saturated heterocycles. The second kappa shape index (κ2) is 6.44. The van der Waals surface area contributed by atoms with Crippen LogP contribution in [0.25, 0.3) is 0 Å². The molecule has 1 atom stereocenters. The molecule has 0 fully saturated rings. The average Bonchev–Trinajstić information content (AvgIpc) is 2.16. The summed E-state index contributed by atoms with van der Waals surface area (Å²) in [6.45, 7) is 1.22. The van der Waals surface area contributed by atoms with Crippen molar-refractivity contribution in [2.75, 3.05) is 12.9 Å². The fourth-order valence-corrected chi connectivity index (χ4v) is 2.17. The van der Waals surface area contributed by atoms with Gasteiger partial charge in [0, 0.05) is 6.42 Å². The molecule has 0 rings (SSSR count). The van der Waals surface area contributed by atoms with Crippen LogP contribution in [-0.2, 0) is 24.3 Å². The first-order chi connectivity index (χ1) is 7.28. The summed E-state index contributed by atoms with van der Waals surface area (Å²) in [5.74, 6) is -2.06. The monoisotopic (exact) mass is 253 g/mol. The summed E-state index contributed by atoms with van der Waals surface area (Å²) < 4.78 is 28.9. The van der Waals surface area contributed by atoms with E-state index in [1.807, 2.05) is 4.72 Å². The predicted molar refractivity (Wildman–Crippen MR) is 55.3 cm³/mol. The fraction of sp³-hybridized carbons (Fsp3) is 0.750. The molecule has 0 aliphatic heterocycles. The number of rotatable bonds is 7. The molecule has 0 aromatic heterocycles. The quantitative estimate of drug-likeness (QED) is 0.582. The van der Waals surface area contributed by atoms with Crippen LogP contribution in [0.1, 0.15) is 19.8 Å². The number of carbonyl (C=O) groups is 2. The molecule has 0 amide bonds. The van der Waals surface area contributed by atoms with Crippen LogP contribution < -0.4 is 4.72 Å². The van der Waals surface area contributed by atoms with Crippen LogP contribution in [0.3, 0.4) is 0 Å². The number of ether oxygens (including phenoxy) is 1. The van der Waals surface area contributed by atoms with Gasteiger partial charge in [0.2, 0.25) is 10.0 Å². The molecule has 7 nitrogen and oxygen atoms in total. The Morgan fingerprint density at radius 1 is 1.44 bits per heavy atom. The Morgan fingerprint density at radius 2 is 2.00 bits per heavy atom. The summed E-state index contributed by atoms with van der Waals surface area (Å²) in [4.78, 5) is 21.1. The Balaban J connectivity index is 4.07. The van der Waals surface area contributed by atoms with E-state index in [9.17, 15) is 18.0 Å². The smallest absolute Gasteiger partial charge is 0.321 e. The average molecular weight is 253 g/mol. The maximum absolute atomic E-state index is 11.3. The van der Waals surface area contributed by atoms with Crippen molar-refractivity contribution in [2.24, 2.45) is 0 Å². The van der Waals surface area contributed by atoms with Crippen molar-refractivity contribution in [1.29, 1.82) is 0 Å². The van der Waals surface area contributed by atoms with Gasteiger partial charge >= 0.3 is 11.9 Å². The number of sulfonamides is 1. The van der Waals surface area contributed by atoms with E-state index < -0.39 is 28.0 Å². The largest absolute Gasteiger partial charge is 0.480 e. The van der Waals surface area contributed by atoms with Crippen LogP contribution in [0.4, 0.5) is 0 Å².